The van der Waals surface area contributed by atoms with Crippen LogP contribution in [0.25, 0.3) is 0 Å². The lowest BCUT2D eigenvalue weighted by Crippen LogP contribution is -2.31. The van der Waals surface area contributed by atoms with Gasteiger partial charge in [-0.1, -0.05) is 6.07 Å². The number of carbonyl (C=O) groups excluding carboxylic acids is 1. The van der Waals surface area contributed by atoms with E-state index in [0.29, 0.717) is 25.2 Å². The number of nitro groups is 1. The number of rotatable bonds is 4. The van der Waals surface area contributed by atoms with E-state index < -0.39 is 11.0 Å². The molecule has 0 spiro atoms. The molecule has 1 heterocycles. The molecule has 7 heteroatoms. The van der Waals surface area contributed by atoms with Crippen molar-refractivity contribution in [3.63, 3.8) is 0 Å². The molecular formula is C14H19N3O4. The molecule has 0 bridgehead atoms. The van der Waals surface area contributed by atoms with E-state index in [9.17, 15) is 20.0 Å². The highest BCUT2D eigenvalue weighted by molar-refractivity contribution is 6.00. The Morgan fingerprint density at radius 3 is 2.81 bits per heavy atom. The maximum Gasteiger partial charge on any atom is 0.305 e. The van der Waals surface area contributed by atoms with E-state index >= 15 is 0 Å². The molecule has 1 aliphatic heterocycles. The summed E-state index contributed by atoms with van der Waals surface area (Å²) in [5, 5.41) is 23.6. The highest BCUT2D eigenvalue weighted by Crippen LogP contribution is 2.31. The zero-order valence-electron chi connectivity index (χ0n) is 12.1. The fourth-order valence-electron chi connectivity index (χ4n) is 2.65. The number of hydrogen-bond acceptors (Lipinski definition) is 5. The maximum absolute atomic E-state index is 12.5. The van der Waals surface area contributed by atoms with Crippen molar-refractivity contribution in [3.8, 4) is 0 Å². The van der Waals surface area contributed by atoms with Crippen molar-refractivity contribution in [1.82, 2.24) is 4.90 Å². The summed E-state index contributed by atoms with van der Waals surface area (Å²) in [5.74, 6) is -0.331. The Labute approximate surface area is 122 Å². The molecule has 21 heavy (non-hydrogen) atoms. The van der Waals surface area contributed by atoms with E-state index in [2.05, 4.69) is 5.32 Å². The lowest BCUT2D eigenvalue weighted by Gasteiger charge is -2.18. The first kappa shape index (κ1) is 15.2. The van der Waals surface area contributed by atoms with Crippen LogP contribution in [0, 0.1) is 16.0 Å². The summed E-state index contributed by atoms with van der Waals surface area (Å²) in [6, 6.07) is 4.66. The molecule has 2 N–H and O–H groups in total. The fraction of sp³-hybridized carbons (Fsp3) is 0.500. The predicted molar refractivity (Wildman–Crippen MR) is 78.3 cm³/mol. The maximum atomic E-state index is 12.5. The summed E-state index contributed by atoms with van der Waals surface area (Å²) in [5.41, 5.74) is 0.195. The average Bonchev–Trinajstić information content (AvgIpc) is 2.95. The quantitative estimate of drug-likeness (QED) is 0.647. The van der Waals surface area contributed by atoms with E-state index in [1.54, 1.807) is 31.0 Å². The molecular weight excluding hydrogens is 274 g/mol. The van der Waals surface area contributed by atoms with Gasteiger partial charge in [0.25, 0.3) is 5.91 Å². The van der Waals surface area contributed by atoms with Gasteiger partial charge in [-0.15, -0.1) is 0 Å². The Kier molecular flexibility index (Phi) is 4.42. The van der Waals surface area contributed by atoms with Gasteiger partial charge in [-0.25, -0.2) is 0 Å². The number of benzene rings is 1. The molecule has 0 aromatic heterocycles. The summed E-state index contributed by atoms with van der Waals surface area (Å²) >= 11 is 0. The highest BCUT2D eigenvalue weighted by Gasteiger charge is 2.33. The molecule has 1 amide bonds. The molecule has 1 aliphatic rings. The number of likely N-dealkylation sites (tertiary alicyclic amines) is 1. The third-order valence-corrected chi connectivity index (χ3v) is 3.91. The van der Waals surface area contributed by atoms with Crippen molar-refractivity contribution in [2.24, 2.45) is 5.92 Å². The van der Waals surface area contributed by atoms with Gasteiger partial charge in [-0.2, -0.15) is 0 Å². The molecule has 0 aliphatic carbocycles. The summed E-state index contributed by atoms with van der Waals surface area (Å²) < 4.78 is 0. The summed E-state index contributed by atoms with van der Waals surface area (Å²) in [7, 11) is 1.58. The van der Waals surface area contributed by atoms with Crippen LogP contribution in [0.2, 0.25) is 0 Å². The second kappa shape index (κ2) is 6.09. The Morgan fingerprint density at radius 2 is 2.29 bits per heavy atom. The van der Waals surface area contributed by atoms with Gasteiger partial charge in [0.2, 0.25) is 0 Å². The van der Waals surface area contributed by atoms with Gasteiger partial charge < -0.3 is 15.3 Å². The van der Waals surface area contributed by atoms with Crippen molar-refractivity contribution in [2.45, 2.75) is 19.4 Å². The fourth-order valence-corrected chi connectivity index (χ4v) is 2.65. The van der Waals surface area contributed by atoms with Gasteiger partial charge in [-0.05, 0) is 25.5 Å². The van der Waals surface area contributed by atoms with Crippen LogP contribution in [0.1, 0.15) is 23.7 Å². The first-order valence-corrected chi connectivity index (χ1v) is 6.88. The number of amides is 1. The normalized spacial score (nSPS) is 19.4. The van der Waals surface area contributed by atoms with Crippen LogP contribution in [-0.4, -0.2) is 47.1 Å². The van der Waals surface area contributed by atoms with E-state index in [1.807, 2.05) is 0 Å². The van der Waals surface area contributed by atoms with Crippen LogP contribution in [0.3, 0.4) is 0 Å². The number of nitro benzene ring substituents is 1. The standard InChI is InChI=1S/C14H19N3O4/c1-9(18)10-6-7-16(8-10)14(19)11-4-3-5-12(15-2)13(11)17(20)21/h3-5,9-10,15,18H,6-8H2,1-2H3. The number of aliphatic hydroxyl groups is 1. The van der Waals surface area contributed by atoms with Crippen molar-refractivity contribution < 1.29 is 14.8 Å². The number of para-hydroxylation sites is 1. The van der Waals surface area contributed by atoms with E-state index in [1.165, 1.54) is 6.07 Å². The van der Waals surface area contributed by atoms with E-state index in [0.717, 1.165) is 0 Å². The number of carbonyl (C=O) groups is 1. The van der Waals surface area contributed by atoms with Gasteiger partial charge in [0.1, 0.15) is 11.3 Å². The zero-order valence-corrected chi connectivity index (χ0v) is 12.1. The van der Waals surface area contributed by atoms with Crippen LogP contribution in [-0.2, 0) is 0 Å². The van der Waals surface area contributed by atoms with Gasteiger partial charge in [0, 0.05) is 26.1 Å². The predicted octanol–water partition coefficient (Wildman–Crippen LogP) is 1.48. The van der Waals surface area contributed by atoms with E-state index in [4.69, 9.17) is 0 Å². The largest absolute Gasteiger partial charge is 0.393 e. The Morgan fingerprint density at radius 1 is 1.57 bits per heavy atom. The minimum Gasteiger partial charge on any atom is -0.393 e. The summed E-state index contributed by atoms with van der Waals surface area (Å²) in [4.78, 5) is 24.8. The monoisotopic (exact) mass is 293 g/mol. The van der Waals surface area contributed by atoms with Crippen molar-refractivity contribution in [2.75, 3.05) is 25.5 Å². The molecule has 0 saturated carbocycles. The van der Waals surface area contributed by atoms with E-state index in [-0.39, 0.29) is 23.1 Å². The zero-order chi connectivity index (χ0) is 15.6. The van der Waals surface area contributed by atoms with Gasteiger partial charge in [0.05, 0.1) is 11.0 Å². The third-order valence-electron chi connectivity index (χ3n) is 3.91. The Balaban J connectivity index is 2.30. The molecule has 1 fully saturated rings. The summed E-state index contributed by atoms with van der Waals surface area (Å²) in [6.45, 7) is 2.63. The molecule has 7 nitrogen and oxygen atoms in total. The number of hydrogen-bond donors (Lipinski definition) is 2. The Hall–Kier alpha value is -2.15. The molecule has 0 radical (unpaired) electrons. The molecule has 2 unspecified atom stereocenters. The minimum atomic E-state index is -0.540. The van der Waals surface area contributed by atoms with Gasteiger partial charge >= 0.3 is 5.69 Å². The SMILES string of the molecule is CNc1cccc(C(=O)N2CCC(C(C)O)C2)c1[N+](=O)[O-]. The lowest BCUT2D eigenvalue weighted by atomic mass is 10.0. The van der Waals surface area contributed by atoms with Crippen LogP contribution in [0.4, 0.5) is 11.4 Å². The van der Waals surface area contributed by atoms with Crippen LogP contribution >= 0.6 is 0 Å². The first-order valence-electron chi connectivity index (χ1n) is 6.88. The average molecular weight is 293 g/mol. The second-order valence-electron chi connectivity index (χ2n) is 5.25. The minimum absolute atomic E-state index is 0.0282. The molecule has 1 aromatic rings. The second-order valence-corrected chi connectivity index (χ2v) is 5.25. The summed E-state index contributed by atoms with van der Waals surface area (Å²) in [6.07, 6.45) is 0.226. The van der Waals surface area contributed by atoms with Gasteiger partial charge in [-0.3, -0.25) is 14.9 Å². The Bertz CT molecular complexity index is 559. The molecule has 1 aromatic carbocycles. The number of anilines is 1. The van der Waals surface area contributed by atoms with Crippen molar-refractivity contribution in [3.05, 3.63) is 33.9 Å². The lowest BCUT2D eigenvalue weighted by molar-refractivity contribution is -0.384. The van der Waals surface area contributed by atoms with Crippen molar-refractivity contribution in [1.29, 1.82) is 0 Å². The molecule has 2 atom stereocenters. The number of aliphatic hydroxyl groups excluding tert-OH is 1. The molecule has 114 valence electrons. The highest BCUT2D eigenvalue weighted by atomic mass is 16.6. The first-order chi connectivity index (χ1) is 9.95. The third kappa shape index (κ3) is 2.97. The smallest absolute Gasteiger partial charge is 0.305 e. The number of nitrogens with zero attached hydrogens (tertiary/aromatic N) is 2. The van der Waals surface area contributed by atoms with Crippen LogP contribution in [0.15, 0.2) is 18.2 Å². The topological polar surface area (TPSA) is 95.7 Å². The van der Waals surface area contributed by atoms with Crippen LogP contribution < -0.4 is 5.32 Å². The molecule has 1 saturated heterocycles. The van der Waals surface area contributed by atoms with Gasteiger partial charge in [0.15, 0.2) is 0 Å². The van der Waals surface area contributed by atoms with Crippen molar-refractivity contribution >= 4 is 17.3 Å². The molecule has 2 rings (SSSR count). The van der Waals surface area contributed by atoms with Crippen LogP contribution in [0.5, 0.6) is 0 Å². The number of nitrogens with one attached hydrogen (secondary N) is 1.